The lowest BCUT2D eigenvalue weighted by Gasteiger charge is -2.14. The van der Waals surface area contributed by atoms with Crippen LogP contribution in [0, 0.1) is 5.82 Å². The van der Waals surface area contributed by atoms with Crippen LogP contribution in [0.1, 0.15) is 22.3 Å². The highest BCUT2D eigenvalue weighted by molar-refractivity contribution is 6.10. The van der Waals surface area contributed by atoms with Crippen molar-refractivity contribution < 1.29 is 18.8 Å². The van der Waals surface area contributed by atoms with Gasteiger partial charge in [0.25, 0.3) is 5.91 Å². The van der Waals surface area contributed by atoms with Gasteiger partial charge in [0.05, 0.1) is 17.7 Å². The molecule has 1 aliphatic rings. The summed E-state index contributed by atoms with van der Waals surface area (Å²) in [6, 6.07) is 11.4. The van der Waals surface area contributed by atoms with Crippen LogP contribution < -0.4 is 16.0 Å². The smallest absolute Gasteiger partial charge is 0.254 e. The van der Waals surface area contributed by atoms with Crippen LogP contribution in [0.25, 0.3) is 0 Å². The van der Waals surface area contributed by atoms with E-state index in [1.807, 2.05) is 0 Å². The lowest BCUT2D eigenvalue weighted by Crippen LogP contribution is -2.44. The van der Waals surface area contributed by atoms with Gasteiger partial charge in [0.2, 0.25) is 11.8 Å². The van der Waals surface area contributed by atoms with Gasteiger partial charge in [-0.25, -0.2) is 4.39 Å². The number of benzene rings is 2. The Labute approximate surface area is 143 Å². The normalized spacial score (nSPS) is 16.3. The topological polar surface area (TPSA) is 87.3 Å². The minimum absolute atomic E-state index is 0.188. The van der Waals surface area contributed by atoms with Crippen molar-refractivity contribution in [1.82, 2.24) is 10.6 Å². The van der Waals surface area contributed by atoms with Gasteiger partial charge in [0, 0.05) is 6.54 Å². The summed E-state index contributed by atoms with van der Waals surface area (Å²) in [5, 5.41) is 7.85. The molecular formula is C18H16FN3O3. The Balaban J connectivity index is 1.60. The first-order valence-corrected chi connectivity index (χ1v) is 7.75. The van der Waals surface area contributed by atoms with Crippen LogP contribution in [-0.4, -0.2) is 23.8 Å². The predicted molar refractivity (Wildman–Crippen MR) is 89.2 cm³/mol. The molecule has 0 radical (unpaired) electrons. The Bertz CT molecular complexity index is 821. The summed E-state index contributed by atoms with van der Waals surface area (Å²) in [7, 11) is 0. The third-order valence-electron chi connectivity index (χ3n) is 3.84. The second-order valence-electron chi connectivity index (χ2n) is 5.67. The number of nitrogens with one attached hydrogen (secondary N) is 3. The van der Waals surface area contributed by atoms with Crippen molar-refractivity contribution in [2.75, 3.05) is 5.32 Å². The fourth-order valence-corrected chi connectivity index (χ4v) is 2.52. The van der Waals surface area contributed by atoms with Crippen molar-refractivity contribution in [2.24, 2.45) is 0 Å². The molecule has 0 fully saturated rings. The first kappa shape index (κ1) is 16.6. The maximum Gasteiger partial charge on any atom is 0.254 e. The molecular weight excluding hydrogens is 325 g/mol. The number of fused-ring (bicyclic) bond motifs is 1. The fourth-order valence-electron chi connectivity index (χ4n) is 2.52. The lowest BCUT2D eigenvalue weighted by molar-refractivity contribution is -0.125. The van der Waals surface area contributed by atoms with Gasteiger partial charge in [0.1, 0.15) is 11.9 Å². The quantitative estimate of drug-likeness (QED) is 0.789. The average molecular weight is 341 g/mol. The Kier molecular flexibility index (Phi) is 4.74. The first-order chi connectivity index (χ1) is 12.0. The summed E-state index contributed by atoms with van der Waals surface area (Å²) in [5.74, 6) is -1.61. The van der Waals surface area contributed by atoms with Crippen molar-refractivity contribution in [1.29, 1.82) is 0 Å². The van der Waals surface area contributed by atoms with Crippen LogP contribution in [-0.2, 0) is 16.1 Å². The van der Waals surface area contributed by atoms with Crippen LogP contribution in [0.15, 0.2) is 48.5 Å². The van der Waals surface area contributed by atoms with Crippen molar-refractivity contribution in [3.8, 4) is 0 Å². The number of hydrogen-bond donors (Lipinski definition) is 3. The number of carbonyl (C=O) groups excluding carboxylic acids is 3. The summed E-state index contributed by atoms with van der Waals surface area (Å²) in [4.78, 5) is 36.5. The number of rotatable bonds is 4. The number of halogens is 1. The van der Waals surface area contributed by atoms with Crippen LogP contribution in [0.3, 0.4) is 0 Å². The molecule has 25 heavy (non-hydrogen) atoms. The second-order valence-corrected chi connectivity index (χ2v) is 5.67. The van der Waals surface area contributed by atoms with E-state index in [-0.39, 0.29) is 18.8 Å². The molecule has 7 heteroatoms. The molecule has 1 heterocycles. The van der Waals surface area contributed by atoms with Gasteiger partial charge in [-0.15, -0.1) is 0 Å². The molecule has 2 aromatic carbocycles. The predicted octanol–water partition coefficient (Wildman–Crippen LogP) is 1.58. The second kappa shape index (κ2) is 7.12. The molecule has 0 saturated carbocycles. The highest BCUT2D eigenvalue weighted by Crippen LogP contribution is 2.18. The summed E-state index contributed by atoms with van der Waals surface area (Å²) in [6.45, 7) is 0.210. The molecule has 1 unspecified atom stereocenters. The minimum atomic E-state index is -0.965. The molecule has 6 nitrogen and oxygen atoms in total. The van der Waals surface area contributed by atoms with Gasteiger partial charge in [-0.05, 0) is 29.8 Å². The zero-order valence-electron chi connectivity index (χ0n) is 13.2. The Hall–Kier alpha value is -3.22. The molecule has 1 atom stereocenters. The largest absolute Gasteiger partial charge is 0.352 e. The maximum atomic E-state index is 12.9. The van der Waals surface area contributed by atoms with Gasteiger partial charge >= 0.3 is 0 Å². The molecule has 1 aliphatic heterocycles. The molecule has 0 saturated heterocycles. The van der Waals surface area contributed by atoms with Crippen LogP contribution in [0.5, 0.6) is 0 Å². The van der Waals surface area contributed by atoms with Crippen LogP contribution in [0.4, 0.5) is 10.1 Å². The summed E-state index contributed by atoms with van der Waals surface area (Å²) in [5.41, 5.74) is 1.50. The molecule has 3 amide bonds. The highest BCUT2D eigenvalue weighted by Gasteiger charge is 2.29. The Morgan fingerprint density at radius 1 is 1.08 bits per heavy atom. The van der Waals surface area contributed by atoms with E-state index in [9.17, 15) is 18.8 Å². The van der Waals surface area contributed by atoms with Crippen molar-refractivity contribution in [2.45, 2.75) is 19.0 Å². The van der Waals surface area contributed by atoms with Gasteiger partial charge < -0.3 is 16.0 Å². The third-order valence-corrected chi connectivity index (χ3v) is 3.84. The van der Waals surface area contributed by atoms with E-state index in [0.29, 0.717) is 11.3 Å². The number of para-hydroxylation sites is 1. The van der Waals surface area contributed by atoms with E-state index in [2.05, 4.69) is 16.0 Å². The molecule has 0 aromatic heterocycles. The van der Waals surface area contributed by atoms with E-state index < -0.39 is 23.8 Å². The van der Waals surface area contributed by atoms with E-state index in [4.69, 9.17) is 0 Å². The maximum absolute atomic E-state index is 12.9. The lowest BCUT2D eigenvalue weighted by atomic mass is 10.1. The van der Waals surface area contributed by atoms with Crippen LogP contribution >= 0.6 is 0 Å². The number of anilines is 1. The molecule has 3 N–H and O–H groups in total. The molecule has 0 spiro atoms. The molecule has 0 aliphatic carbocycles. The third kappa shape index (κ3) is 4.00. The number of amides is 3. The minimum Gasteiger partial charge on any atom is -0.352 e. The molecule has 3 rings (SSSR count). The van der Waals surface area contributed by atoms with E-state index in [1.165, 1.54) is 12.1 Å². The van der Waals surface area contributed by atoms with Crippen molar-refractivity contribution >= 4 is 23.4 Å². The van der Waals surface area contributed by atoms with Crippen molar-refractivity contribution in [3.05, 3.63) is 65.5 Å². The van der Waals surface area contributed by atoms with Gasteiger partial charge in [-0.1, -0.05) is 24.3 Å². The standard InChI is InChI=1S/C18H16FN3O3/c19-12-7-5-11(6-8-12)10-20-16(23)9-15-18(25)21-14-4-2-1-3-13(14)17(24)22-15/h1-8,15H,9-10H2,(H,20,23)(H,21,25)(H,22,24). The number of hydrogen-bond acceptors (Lipinski definition) is 3. The summed E-state index contributed by atoms with van der Waals surface area (Å²) >= 11 is 0. The van der Waals surface area contributed by atoms with Gasteiger partial charge in [0.15, 0.2) is 0 Å². The van der Waals surface area contributed by atoms with E-state index >= 15 is 0 Å². The highest BCUT2D eigenvalue weighted by atomic mass is 19.1. The van der Waals surface area contributed by atoms with Crippen LogP contribution in [0.2, 0.25) is 0 Å². The zero-order chi connectivity index (χ0) is 17.8. The number of carbonyl (C=O) groups is 3. The fraction of sp³-hybridized carbons (Fsp3) is 0.167. The Morgan fingerprint density at radius 2 is 1.80 bits per heavy atom. The Morgan fingerprint density at radius 3 is 2.56 bits per heavy atom. The monoisotopic (exact) mass is 341 g/mol. The van der Waals surface area contributed by atoms with E-state index in [0.717, 1.165) is 5.56 Å². The van der Waals surface area contributed by atoms with Gasteiger partial charge in [-0.3, -0.25) is 14.4 Å². The summed E-state index contributed by atoms with van der Waals surface area (Å²) < 4.78 is 12.9. The first-order valence-electron chi connectivity index (χ1n) is 7.75. The molecule has 2 aromatic rings. The zero-order valence-corrected chi connectivity index (χ0v) is 13.2. The molecule has 0 bridgehead atoms. The average Bonchev–Trinajstić information content (AvgIpc) is 2.71. The SMILES string of the molecule is O=C(CC1NC(=O)c2ccccc2NC1=O)NCc1ccc(F)cc1. The van der Waals surface area contributed by atoms with Crippen molar-refractivity contribution in [3.63, 3.8) is 0 Å². The molecule has 128 valence electrons. The van der Waals surface area contributed by atoms with Gasteiger partial charge in [-0.2, -0.15) is 0 Å². The summed E-state index contributed by atoms with van der Waals surface area (Å²) in [6.07, 6.45) is -0.188. The van der Waals surface area contributed by atoms with E-state index in [1.54, 1.807) is 36.4 Å².